The van der Waals surface area contributed by atoms with Crippen LogP contribution in [0.1, 0.15) is 36.6 Å². The van der Waals surface area contributed by atoms with E-state index < -0.39 is 0 Å². The van der Waals surface area contributed by atoms with E-state index in [1.165, 1.54) is 0 Å². The number of aromatic nitrogens is 1. The van der Waals surface area contributed by atoms with Crippen LogP contribution in [-0.4, -0.2) is 34.8 Å². The first-order valence-electron chi connectivity index (χ1n) is 7.49. The first-order chi connectivity index (χ1) is 10.0. The number of amides is 2. The lowest BCUT2D eigenvalue weighted by Crippen LogP contribution is -2.45. The molecule has 5 nitrogen and oxygen atoms in total. The Balaban J connectivity index is 1.91. The quantitative estimate of drug-likeness (QED) is 0.915. The lowest BCUT2D eigenvalue weighted by molar-refractivity contribution is -0.138. The van der Waals surface area contributed by atoms with Crippen molar-refractivity contribution in [3.63, 3.8) is 0 Å². The lowest BCUT2D eigenvalue weighted by atomic mass is 9.96. The summed E-state index contributed by atoms with van der Waals surface area (Å²) in [6, 6.07) is 2.01. The number of likely N-dealkylation sites (tertiary alicyclic amines) is 1. The number of hydrogen-bond acceptors (Lipinski definition) is 3. The highest BCUT2D eigenvalue weighted by atomic mass is 16.2. The number of aryl methyl sites for hydroxylation is 2. The van der Waals surface area contributed by atoms with Gasteiger partial charge in [0.05, 0.1) is 5.92 Å². The van der Waals surface area contributed by atoms with Gasteiger partial charge in [0.15, 0.2) is 0 Å². The van der Waals surface area contributed by atoms with Crippen molar-refractivity contribution in [2.24, 2.45) is 5.92 Å². The minimum Gasteiger partial charge on any atom is -0.352 e. The molecule has 1 aliphatic heterocycles. The standard InChI is InChI=1S/C16H23N3O2/c1-4-19-10-13(5-6-15(19)20)16(21)18-9-14-8-17-12(3)7-11(14)2/h7-8,13H,4-6,9-10H2,1-3H3,(H,18,21)/t13-/m1/s1. The zero-order valence-electron chi connectivity index (χ0n) is 13.0. The van der Waals surface area contributed by atoms with Gasteiger partial charge in [-0.25, -0.2) is 0 Å². The van der Waals surface area contributed by atoms with Gasteiger partial charge in [-0.2, -0.15) is 0 Å². The highest BCUT2D eigenvalue weighted by Gasteiger charge is 2.29. The SMILES string of the molecule is CCN1C[C@H](C(=O)NCc2cnc(C)cc2C)CCC1=O. The minimum atomic E-state index is -0.0960. The smallest absolute Gasteiger partial charge is 0.225 e. The molecule has 0 unspecified atom stereocenters. The third-order valence-corrected chi connectivity index (χ3v) is 4.06. The number of rotatable bonds is 4. The summed E-state index contributed by atoms with van der Waals surface area (Å²) in [4.78, 5) is 29.9. The maximum Gasteiger partial charge on any atom is 0.225 e. The first kappa shape index (κ1) is 15.5. The molecule has 114 valence electrons. The Morgan fingerprint density at radius 1 is 1.48 bits per heavy atom. The van der Waals surface area contributed by atoms with Crippen LogP contribution in [0.15, 0.2) is 12.3 Å². The normalized spacial score (nSPS) is 18.7. The van der Waals surface area contributed by atoms with Crippen LogP contribution in [0.5, 0.6) is 0 Å². The van der Waals surface area contributed by atoms with E-state index in [2.05, 4.69) is 10.3 Å². The zero-order valence-corrected chi connectivity index (χ0v) is 13.0. The van der Waals surface area contributed by atoms with Crippen LogP contribution in [0.4, 0.5) is 0 Å². The fourth-order valence-electron chi connectivity index (χ4n) is 2.67. The Morgan fingerprint density at radius 3 is 2.90 bits per heavy atom. The Bertz CT molecular complexity index is 542. The van der Waals surface area contributed by atoms with Crippen LogP contribution >= 0.6 is 0 Å². The second kappa shape index (κ2) is 6.70. The molecule has 1 atom stereocenters. The molecule has 1 N–H and O–H groups in total. The monoisotopic (exact) mass is 289 g/mol. The number of piperidine rings is 1. The molecular formula is C16H23N3O2. The number of nitrogens with zero attached hydrogens (tertiary/aromatic N) is 2. The van der Waals surface area contributed by atoms with Gasteiger partial charge in [0, 0.05) is 37.9 Å². The molecule has 2 heterocycles. The van der Waals surface area contributed by atoms with Crippen molar-refractivity contribution >= 4 is 11.8 Å². The zero-order chi connectivity index (χ0) is 15.4. The number of hydrogen-bond donors (Lipinski definition) is 1. The fraction of sp³-hybridized carbons (Fsp3) is 0.562. The highest BCUT2D eigenvalue weighted by Crippen LogP contribution is 2.18. The molecule has 1 saturated heterocycles. The largest absolute Gasteiger partial charge is 0.352 e. The second-order valence-corrected chi connectivity index (χ2v) is 5.64. The Labute approximate surface area is 125 Å². The molecule has 0 aromatic carbocycles. The van der Waals surface area contributed by atoms with Gasteiger partial charge in [-0.15, -0.1) is 0 Å². The summed E-state index contributed by atoms with van der Waals surface area (Å²) in [6.07, 6.45) is 2.93. The van der Waals surface area contributed by atoms with E-state index in [1.54, 1.807) is 4.90 Å². The van der Waals surface area contributed by atoms with Crippen LogP contribution in [-0.2, 0) is 16.1 Å². The molecule has 1 fully saturated rings. The van der Waals surface area contributed by atoms with Crippen molar-refractivity contribution in [1.29, 1.82) is 0 Å². The van der Waals surface area contributed by atoms with Crippen LogP contribution in [0.25, 0.3) is 0 Å². The van der Waals surface area contributed by atoms with E-state index in [-0.39, 0.29) is 17.7 Å². The van der Waals surface area contributed by atoms with E-state index in [0.717, 1.165) is 16.8 Å². The molecule has 0 spiro atoms. The van der Waals surface area contributed by atoms with Gasteiger partial charge >= 0.3 is 0 Å². The topological polar surface area (TPSA) is 62.3 Å². The van der Waals surface area contributed by atoms with Crippen molar-refractivity contribution in [3.05, 3.63) is 29.1 Å². The Morgan fingerprint density at radius 2 is 2.24 bits per heavy atom. The second-order valence-electron chi connectivity index (χ2n) is 5.64. The van der Waals surface area contributed by atoms with Crippen LogP contribution in [0.3, 0.4) is 0 Å². The van der Waals surface area contributed by atoms with E-state index in [0.29, 0.717) is 32.5 Å². The average molecular weight is 289 g/mol. The van der Waals surface area contributed by atoms with Crippen LogP contribution in [0, 0.1) is 19.8 Å². The van der Waals surface area contributed by atoms with E-state index >= 15 is 0 Å². The van der Waals surface area contributed by atoms with Crippen molar-refractivity contribution in [2.45, 2.75) is 40.2 Å². The summed E-state index contributed by atoms with van der Waals surface area (Å²) in [5.41, 5.74) is 3.15. The van der Waals surface area contributed by atoms with Gasteiger partial charge < -0.3 is 10.2 Å². The number of carbonyl (C=O) groups excluding carboxylic acids is 2. The maximum absolute atomic E-state index is 12.2. The molecule has 0 aliphatic carbocycles. The third kappa shape index (κ3) is 3.80. The molecular weight excluding hydrogens is 266 g/mol. The Kier molecular flexibility index (Phi) is 4.94. The molecule has 2 amide bonds. The molecule has 0 bridgehead atoms. The molecule has 0 saturated carbocycles. The molecule has 21 heavy (non-hydrogen) atoms. The highest BCUT2D eigenvalue weighted by molar-refractivity contribution is 5.83. The number of pyridine rings is 1. The van der Waals surface area contributed by atoms with Crippen molar-refractivity contribution < 1.29 is 9.59 Å². The number of nitrogens with one attached hydrogen (secondary N) is 1. The summed E-state index contributed by atoms with van der Waals surface area (Å²) in [7, 11) is 0. The molecule has 1 aliphatic rings. The summed E-state index contributed by atoms with van der Waals surface area (Å²) < 4.78 is 0. The van der Waals surface area contributed by atoms with E-state index in [4.69, 9.17) is 0 Å². The predicted octanol–water partition coefficient (Wildman–Crippen LogP) is 1.57. The third-order valence-electron chi connectivity index (χ3n) is 4.06. The summed E-state index contributed by atoms with van der Waals surface area (Å²) in [5.74, 6) is 0.0856. The van der Waals surface area contributed by atoms with Gasteiger partial charge in [-0.1, -0.05) is 0 Å². The van der Waals surface area contributed by atoms with Crippen molar-refractivity contribution in [1.82, 2.24) is 15.2 Å². The lowest BCUT2D eigenvalue weighted by Gasteiger charge is -2.31. The van der Waals surface area contributed by atoms with E-state index in [1.807, 2.05) is 33.0 Å². The molecule has 5 heteroatoms. The van der Waals surface area contributed by atoms with Gasteiger partial charge in [0.2, 0.25) is 11.8 Å². The average Bonchev–Trinajstić information content (AvgIpc) is 2.46. The van der Waals surface area contributed by atoms with Crippen LogP contribution in [0.2, 0.25) is 0 Å². The minimum absolute atomic E-state index is 0.0286. The first-order valence-corrected chi connectivity index (χ1v) is 7.49. The van der Waals surface area contributed by atoms with Gasteiger partial charge in [0.25, 0.3) is 0 Å². The Hall–Kier alpha value is -1.91. The van der Waals surface area contributed by atoms with Gasteiger partial charge in [-0.05, 0) is 44.4 Å². The fourth-order valence-corrected chi connectivity index (χ4v) is 2.67. The van der Waals surface area contributed by atoms with Gasteiger partial charge in [0.1, 0.15) is 0 Å². The van der Waals surface area contributed by atoms with Crippen molar-refractivity contribution in [3.8, 4) is 0 Å². The maximum atomic E-state index is 12.2. The van der Waals surface area contributed by atoms with E-state index in [9.17, 15) is 9.59 Å². The predicted molar refractivity (Wildman–Crippen MR) is 80.5 cm³/mol. The number of carbonyl (C=O) groups is 2. The van der Waals surface area contributed by atoms with Gasteiger partial charge in [-0.3, -0.25) is 14.6 Å². The molecule has 0 radical (unpaired) electrons. The van der Waals surface area contributed by atoms with Crippen LogP contribution < -0.4 is 5.32 Å². The summed E-state index contributed by atoms with van der Waals surface area (Å²) in [6.45, 7) is 7.62. The summed E-state index contributed by atoms with van der Waals surface area (Å²) in [5, 5.41) is 2.97. The molecule has 1 aromatic rings. The summed E-state index contributed by atoms with van der Waals surface area (Å²) >= 11 is 0. The van der Waals surface area contributed by atoms with Crippen molar-refractivity contribution in [2.75, 3.05) is 13.1 Å². The molecule has 1 aromatic heterocycles. The molecule has 2 rings (SSSR count).